The topological polar surface area (TPSA) is 38.5 Å². The first-order valence-corrected chi connectivity index (χ1v) is 7.01. The summed E-state index contributed by atoms with van der Waals surface area (Å²) >= 11 is 1.63. The van der Waals surface area contributed by atoms with Crippen LogP contribution in [-0.4, -0.2) is 35.7 Å². The Kier molecular flexibility index (Phi) is 3.45. The molecule has 0 N–H and O–H groups in total. The average molecular weight is 264 g/mol. The summed E-state index contributed by atoms with van der Waals surface area (Å²) in [7, 11) is 0. The van der Waals surface area contributed by atoms with E-state index in [4.69, 9.17) is 9.15 Å². The molecule has 0 unspecified atom stereocenters. The summed E-state index contributed by atoms with van der Waals surface area (Å²) in [5.41, 5.74) is 1.11. The van der Waals surface area contributed by atoms with Crippen LogP contribution in [0.15, 0.2) is 28.2 Å². The molecule has 18 heavy (non-hydrogen) atoms. The minimum Gasteiger partial charge on any atom is -0.462 e. The van der Waals surface area contributed by atoms with E-state index in [9.17, 15) is 0 Å². The van der Waals surface area contributed by atoms with Gasteiger partial charge in [-0.25, -0.2) is 4.98 Å². The molecule has 1 aliphatic heterocycles. The van der Waals surface area contributed by atoms with Crippen LogP contribution < -0.4 is 0 Å². The van der Waals surface area contributed by atoms with Crippen LogP contribution in [0.25, 0.3) is 10.8 Å². The molecule has 1 atom stereocenters. The van der Waals surface area contributed by atoms with Crippen molar-refractivity contribution < 1.29 is 9.15 Å². The minimum atomic E-state index is 0.321. The van der Waals surface area contributed by atoms with Gasteiger partial charge in [-0.3, -0.25) is 4.90 Å². The van der Waals surface area contributed by atoms with Gasteiger partial charge in [-0.05, 0) is 19.1 Å². The first kappa shape index (κ1) is 11.9. The van der Waals surface area contributed by atoms with Crippen LogP contribution in [0.1, 0.15) is 12.6 Å². The van der Waals surface area contributed by atoms with Crippen LogP contribution in [0.4, 0.5) is 0 Å². The molecular formula is C13H16N2O2S. The van der Waals surface area contributed by atoms with Crippen LogP contribution in [0.5, 0.6) is 0 Å². The van der Waals surface area contributed by atoms with Crippen LogP contribution in [0.2, 0.25) is 0 Å². The van der Waals surface area contributed by atoms with Gasteiger partial charge >= 0.3 is 0 Å². The Hall–Kier alpha value is -1.17. The molecule has 0 amide bonds. The number of furan rings is 1. The molecule has 5 heteroatoms. The molecule has 96 valence electrons. The van der Waals surface area contributed by atoms with Crippen molar-refractivity contribution in [3.05, 3.63) is 29.5 Å². The highest BCUT2D eigenvalue weighted by Gasteiger charge is 2.18. The molecule has 0 saturated carbocycles. The summed E-state index contributed by atoms with van der Waals surface area (Å²) < 4.78 is 10.9. The average Bonchev–Trinajstić information content (AvgIpc) is 2.98. The Labute approximate surface area is 110 Å². The molecule has 0 aromatic carbocycles. The minimum absolute atomic E-state index is 0.321. The molecule has 1 aliphatic rings. The normalized spacial score (nSPS) is 21.3. The van der Waals surface area contributed by atoms with Crippen molar-refractivity contribution in [2.24, 2.45) is 0 Å². The van der Waals surface area contributed by atoms with E-state index in [1.54, 1.807) is 17.6 Å². The highest BCUT2D eigenvalue weighted by atomic mass is 32.1. The van der Waals surface area contributed by atoms with Gasteiger partial charge in [0.25, 0.3) is 0 Å². The second-order valence-electron chi connectivity index (χ2n) is 4.54. The SMILES string of the molecule is C[C@H]1CN(Cc2csc(-c3ccco3)n2)CCO1. The molecule has 1 saturated heterocycles. The number of rotatable bonds is 3. The smallest absolute Gasteiger partial charge is 0.162 e. The first-order valence-electron chi connectivity index (χ1n) is 6.13. The monoisotopic (exact) mass is 264 g/mol. The van der Waals surface area contributed by atoms with Crippen LogP contribution in [-0.2, 0) is 11.3 Å². The van der Waals surface area contributed by atoms with Crippen molar-refractivity contribution in [2.75, 3.05) is 19.7 Å². The predicted molar refractivity (Wildman–Crippen MR) is 70.5 cm³/mol. The maximum Gasteiger partial charge on any atom is 0.162 e. The molecule has 3 rings (SSSR count). The van der Waals surface area contributed by atoms with Crippen LogP contribution in [0, 0.1) is 0 Å². The van der Waals surface area contributed by atoms with Gasteiger partial charge in [-0.2, -0.15) is 0 Å². The van der Waals surface area contributed by atoms with E-state index in [0.29, 0.717) is 6.10 Å². The van der Waals surface area contributed by atoms with E-state index in [1.807, 2.05) is 12.1 Å². The van der Waals surface area contributed by atoms with Crippen molar-refractivity contribution >= 4 is 11.3 Å². The van der Waals surface area contributed by atoms with E-state index in [-0.39, 0.29) is 0 Å². The Morgan fingerprint density at radius 3 is 3.28 bits per heavy atom. The molecule has 0 bridgehead atoms. The standard InChI is InChI=1S/C13H16N2O2S/c1-10-7-15(4-6-16-10)8-11-9-18-13(14-11)12-3-2-5-17-12/h2-3,5,9-10H,4,6-8H2,1H3/t10-/m0/s1. The number of hydrogen-bond acceptors (Lipinski definition) is 5. The molecule has 3 heterocycles. The third kappa shape index (κ3) is 2.63. The van der Waals surface area contributed by atoms with Gasteiger partial charge < -0.3 is 9.15 Å². The van der Waals surface area contributed by atoms with E-state index in [0.717, 1.165) is 42.7 Å². The molecule has 0 aliphatic carbocycles. The van der Waals surface area contributed by atoms with E-state index >= 15 is 0 Å². The highest BCUT2D eigenvalue weighted by Crippen LogP contribution is 2.24. The maximum atomic E-state index is 5.54. The maximum absolute atomic E-state index is 5.54. The summed E-state index contributed by atoms with van der Waals surface area (Å²) in [6.45, 7) is 5.79. The first-order chi connectivity index (χ1) is 8.81. The van der Waals surface area contributed by atoms with Gasteiger partial charge in [0, 0.05) is 25.0 Å². The van der Waals surface area contributed by atoms with Crippen molar-refractivity contribution in [3.63, 3.8) is 0 Å². The Morgan fingerprint density at radius 2 is 2.50 bits per heavy atom. The number of aromatic nitrogens is 1. The van der Waals surface area contributed by atoms with Crippen LogP contribution in [0.3, 0.4) is 0 Å². The molecule has 4 nitrogen and oxygen atoms in total. The quantitative estimate of drug-likeness (QED) is 0.854. The third-order valence-corrected chi connectivity index (χ3v) is 3.90. The van der Waals surface area contributed by atoms with Gasteiger partial charge in [-0.15, -0.1) is 11.3 Å². The van der Waals surface area contributed by atoms with E-state index < -0.39 is 0 Å². The zero-order valence-electron chi connectivity index (χ0n) is 10.3. The van der Waals surface area contributed by atoms with Crippen molar-refractivity contribution in [3.8, 4) is 10.8 Å². The second-order valence-corrected chi connectivity index (χ2v) is 5.40. The summed E-state index contributed by atoms with van der Waals surface area (Å²) in [6, 6.07) is 3.83. The fourth-order valence-electron chi connectivity index (χ4n) is 2.16. The largest absolute Gasteiger partial charge is 0.462 e. The lowest BCUT2D eigenvalue weighted by Crippen LogP contribution is -2.40. The zero-order valence-corrected chi connectivity index (χ0v) is 11.2. The van der Waals surface area contributed by atoms with Crippen LogP contribution >= 0.6 is 11.3 Å². The number of nitrogens with zero attached hydrogens (tertiary/aromatic N) is 2. The molecule has 0 radical (unpaired) electrons. The molecule has 0 spiro atoms. The summed E-state index contributed by atoms with van der Waals surface area (Å²) in [6.07, 6.45) is 2.00. The number of ether oxygens (including phenoxy) is 1. The summed E-state index contributed by atoms with van der Waals surface area (Å²) in [4.78, 5) is 7.00. The number of thiazole rings is 1. The predicted octanol–water partition coefficient (Wildman–Crippen LogP) is 2.62. The fourth-order valence-corrected chi connectivity index (χ4v) is 2.93. The third-order valence-electron chi connectivity index (χ3n) is 2.99. The van der Waals surface area contributed by atoms with Gasteiger partial charge in [-0.1, -0.05) is 0 Å². The molecular weight excluding hydrogens is 248 g/mol. The summed E-state index contributed by atoms with van der Waals surface area (Å²) in [5, 5.41) is 3.06. The highest BCUT2D eigenvalue weighted by molar-refractivity contribution is 7.13. The van der Waals surface area contributed by atoms with Crippen molar-refractivity contribution in [1.29, 1.82) is 0 Å². The lowest BCUT2D eigenvalue weighted by Gasteiger charge is -2.30. The van der Waals surface area contributed by atoms with Gasteiger partial charge in [0.2, 0.25) is 0 Å². The molecule has 2 aromatic heterocycles. The van der Waals surface area contributed by atoms with Crippen molar-refractivity contribution in [1.82, 2.24) is 9.88 Å². The van der Waals surface area contributed by atoms with E-state index in [2.05, 4.69) is 22.2 Å². The van der Waals surface area contributed by atoms with Gasteiger partial charge in [0.05, 0.1) is 24.7 Å². The van der Waals surface area contributed by atoms with Crippen molar-refractivity contribution in [2.45, 2.75) is 19.6 Å². The zero-order chi connectivity index (χ0) is 12.4. The summed E-state index contributed by atoms with van der Waals surface area (Å²) in [5.74, 6) is 0.849. The lowest BCUT2D eigenvalue weighted by atomic mass is 10.3. The second kappa shape index (κ2) is 5.22. The number of morpholine rings is 1. The van der Waals surface area contributed by atoms with E-state index in [1.165, 1.54) is 0 Å². The molecule has 2 aromatic rings. The Morgan fingerprint density at radius 1 is 1.56 bits per heavy atom. The lowest BCUT2D eigenvalue weighted by molar-refractivity contribution is -0.0215. The molecule has 1 fully saturated rings. The number of hydrogen-bond donors (Lipinski definition) is 0. The Bertz CT molecular complexity index is 495. The van der Waals surface area contributed by atoms with Gasteiger partial charge in [0.1, 0.15) is 0 Å². The fraction of sp³-hybridized carbons (Fsp3) is 0.462. The van der Waals surface area contributed by atoms with Gasteiger partial charge in [0.15, 0.2) is 10.8 Å². The Balaban J connectivity index is 1.66.